The summed E-state index contributed by atoms with van der Waals surface area (Å²) in [4.78, 5) is 16.3. The molecule has 0 bridgehead atoms. The summed E-state index contributed by atoms with van der Waals surface area (Å²) in [6, 6.07) is 7.90. The highest BCUT2D eigenvalue weighted by Gasteiger charge is 2.19. The predicted molar refractivity (Wildman–Crippen MR) is 73.9 cm³/mol. The van der Waals surface area contributed by atoms with Gasteiger partial charge in [0.2, 0.25) is 0 Å². The quantitative estimate of drug-likeness (QED) is 0.869. The van der Waals surface area contributed by atoms with Crippen LogP contribution in [0.5, 0.6) is 0 Å². The van der Waals surface area contributed by atoms with Gasteiger partial charge in [-0.05, 0) is 25.6 Å². The molecule has 0 atom stereocenters. The van der Waals surface area contributed by atoms with Gasteiger partial charge >= 0.3 is 6.03 Å². The number of aryl methyl sites for hydroxylation is 1. The van der Waals surface area contributed by atoms with Crippen LogP contribution in [0.15, 0.2) is 24.3 Å². The molecule has 1 heterocycles. The third-order valence-electron chi connectivity index (χ3n) is 3.41. The first-order valence-corrected chi connectivity index (χ1v) is 6.54. The number of hydrogen-bond acceptors (Lipinski definition) is 2. The number of amides is 2. The highest BCUT2D eigenvalue weighted by atomic mass is 16.2. The lowest BCUT2D eigenvalue weighted by atomic mass is 10.2. The van der Waals surface area contributed by atoms with Gasteiger partial charge in [0.15, 0.2) is 0 Å². The molecule has 1 aromatic rings. The number of hydrogen-bond donors (Lipinski definition) is 1. The molecule has 0 radical (unpaired) electrons. The van der Waals surface area contributed by atoms with Crippen LogP contribution in [0.1, 0.15) is 12.5 Å². The average molecular weight is 247 g/mol. The fraction of sp³-hybridized carbons (Fsp3) is 0.500. The first-order valence-electron chi connectivity index (χ1n) is 6.54. The maximum absolute atomic E-state index is 12.0. The highest BCUT2D eigenvalue weighted by molar-refractivity contribution is 5.89. The second-order valence-electron chi connectivity index (χ2n) is 4.72. The summed E-state index contributed by atoms with van der Waals surface area (Å²) in [6.45, 7) is 8.82. The van der Waals surface area contributed by atoms with Crippen LogP contribution in [0, 0.1) is 6.92 Å². The van der Waals surface area contributed by atoms with Crippen molar-refractivity contribution in [2.24, 2.45) is 0 Å². The van der Waals surface area contributed by atoms with Gasteiger partial charge in [-0.3, -0.25) is 0 Å². The molecule has 1 aliphatic rings. The van der Waals surface area contributed by atoms with E-state index in [9.17, 15) is 4.79 Å². The molecule has 2 amide bonds. The molecule has 2 rings (SSSR count). The Kier molecular flexibility index (Phi) is 4.20. The third kappa shape index (κ3) is 3.23. The first kappa shape index (κ1) is 12.9. The Morgan fingerprint density at radius 1 is 1.17 bits per heavy atom. The van der Waals surface area contributed by atoms with Crippen molar-refractivity contribution in [2.75, 3.05) is 38.0 Å². The van der Waals surface area contributed by atoms with Crippen LogP contribution < -0.4 is 5.32 Å². The van der Waals surface area contributed by atoms with Crippen LogP contribution in [0.2, 0.25) is 0 Å². The molecular formula is C14H21N3O. The van der Waals surface area contributed by atoms with Gasteiger partial charge in [0.25, 0.3) is 0 Å². The zero-order valence-electron chi connectivity index (χ0n) is 11.1. The van der Waals surface area contributed by atoms with Crippen LogP contribution in [0.4, 0.5) is 10.5 Å². The van der Waals surface area contributed by atoms with Gasteiger partial charge in [-0.25, -0.2) is 4.79 Å². The molecule has 0 saturated carbocycles. The Morgan fingerprint density at radius 3 is 2.33 bits per heavy atom. The number of nitrogens with one attached hydrogen (secondary N) is 1. The van der Waals surface area contributed by atoms with Crippen LogP contribution in [0.25, 0.3) is 0 Å². The minimum Gasteiger partial charge on any atom is -0.322 e. The van der Waals surface area contributed by atoms with Crippen molar-refractivity contribution < 1.29 is 4.79 Å². The molecule has 0 aromatic heterocycles. The van der Waals surface area contributed by atoms with E-state index in [-0.39, 0.29) is 6.03 Å². The molecule has 4 heteroatoms. The molecule has 18 heavy (non-hydrogen) atoms. The third-order valence-corrected chi connectivity index (χ3v) is 3.41. The highest BCUT2D eigenvalue weighted by Crippen LogP contribution is 2.10. The summed E-state index contributed by atoms with van der Waals surface area (Å²) < 4.78 is 0. The Labute approximate surface area is 109 Å². The van der Waals surface area contributed by atoms with E-state index in [1.165, 1.54) is 5.56 Å². The van der Waals surface area contributed by atoms with E-state index in [0.717, 1.165) is 38.4 Å². The van der Waals surface area contributed by atoms with Crippen molar-refractivity contribution in [3.63, 3.8) is 0 Å². The van der Waals surface area contributed by atoms with Crippen molar-refractivity contribution in [2.45, 2.75) is 13.8 Å². The zero-order valence-corrected chi connectivity index (χ0v) is 11.1. The number of likely N-dealkylation sites (N-methyl/N-ethyl adjacent to an activating group) is 1. The average Bonchev–Trinajstić information content (AvgIpc) is 2.41. The number of rotatable bonds is 2. The fourth-order valence-corrected chi connectivity index (χ4v) is 2.11. The number of urea groups is 1. The number of nitrogens with zero attached hydrogens (tertiary/aromatic N) is 2. The Morgan fingerprint density at radius 2 is 1.78 bits per heavy atom. The minimum atomic E-state index is 0.00889. The van der Waals surface area contributed by atoms with Crippen LogP contribution in [-0.2, 0) is 0 Å². The smallest absolute Gasteiger partial charge is 0.321 e. The molecule has 98 valence electrons. The largest absolute Gasteiger partial charge is 0.322 e. The van der Waals surface area contributed by atoms with E-state index in [1.54, 1.807) is 0 Å². The molecule has 0 aliphatic carbocycles. The summed E-state index contributed by atoms with van der Waals surface area (Å²) in [6.07, 6.45) is 0. The lowest BCUT2D eigenvalue weighted by Crippen LogP contribution is -2.49. The second-order valence-corrected chi connectivity index (χ2v) is 4.72. The molecular weight excluding hydrogens is 226 g/mol. The molecule has 1 aromatic carbocycles. The van der Waals surface area contributed by atoms with Gasteiger partial charge in [-0.2, -0.15) is 0 Å². The van der Waals surface area contributed by atoms with Gasteiger partial charge in [0.05, 0.1) is 0 Å². The molecule has 4 nitrogen and oxygen atoms in total. The van der Waals surface area contributed by atoms with Gasteiger partial charge < -0.3 is 15.1 Å². The van der Waals surface area contributed by atoms with E-state index in [0.29, 0.717) is 0 Å². The summed E-state index contributed by atoms with van der Waals surface area (Å²) in [5.74, 6) is 0. The zero-order chi connectivity index (χ0) is 13.0. The van der Waals surface area contributed by atoms with E-state index < -0.39 is 0 Å². The molecule has 1 saturated heterocycles. The van der Waals surface area contributed by atoms with Crippen LogP contribution in [0.3, 0.4) is 0 Å². The normalized spacial score (nSPS) is 16.7. The van der Waals surface area contributed by atoms with Crippen molar-refractivity contribution in [1.29, 1.82) is 0 Å². The maximum Gasteiger partial charge on any atom is 0.321 e. The monoisotopic (exact) mass is 247 g/mol. The summed E-state index contributed by atoms with van der Waals surface area (Å²) in [5, 5.41) is 2.94. The Bertz CT molecular complexity index is 394. The summed E-state index contributed by atoms with van der Waals surface area (Å²) in [5.41, 5.74) is 2.06. The van der Waals surface area contributed by atoms with E-state index in [2.05, 4.69) is 17.1 Å². The van der Waals surface area contributed by atoms with Crippen molar-refractivity contribution in [3.8, 4) is 0 Å². The van der Waals surface area contributed by atoms with Crippen molar-refractivity contribution in [1.82, 2.24) is 9.80 Å². The minimum absolute atomic E-state index is 0.00889. The van der Waals surface area contributed by atoms with E-state index in [4.69, 9.17) is 0 Å². The lowest BCUT2D eigenvalue weighted by Gasteiger charge is -2.33. The van der Waals surface area contributed by atoms with Crippen molar-refractivity contribution >= 4 is 11.7 Å². The number of carbonyl (C=O) groups is 1. The second kappa shape index (κ2) is 5.87. The number of carbonyl (C=O) groups excluding carboxylic acids is 1. The topological polar surface area (TPSA) is 35.6 Å². The number of anilines is 1. The number of benzene rings is 1. The Balaban J connectivity index is 1.87. The first-order chi connectivity index (χ1) is 8.69. The van der Waals surface area contributed by atoms with Gasteiger partial charge in [-0.15, -0.1) is 0 Å². The maximum atomic E-state index is 12.0. The van der Waals surface area contributed by atoms with E-state index in [1.807, 2.05) is 36.1 Å². The Hall–Kier alpha value is -1.55. The lowest BCUT2D eigenvalue weighted by molar-refractivity contribution is 0.151. The van der Waals surface area contributed by atoms with Gasteiger partial charge in [0.1, 0.15) is 0 Å². The molecule has 1 N–H and O–H groups in total. The molecule has 1 fully saturated rings. The number of piperazine rings is 1. The van der Waals surface area contributed by atoms with Gasteiger partial charge in [-0.1, -0.05) is 24.6 Å². The van der Waals surface area contributed by atoms with Crippen LogP contribution >= 0.6 is 0 Å². The van der Waals surface area contributed by atoms with Crippen LogP contribution in [-0.4, -0.2) is 48.6 Å². The SMILES string of the molecule is CCN1CCN(C(=O)Nc2ccc(C)cc2)CC1. The van der Waals surface area contributed by atoms with Gasteiger partial charge in [0, 0.05) is 31.9 Å². The van der Waals surface area contributed by atoms with Crippen molar-refractivity contribution in [3.05, 3.63) is 29.8 Å². The molecule has 0 unspecified atom stereocenters. The predicted octanol–water partition coefficient (Wildman–Crippen LogP) is 2.16. The van der Waals surface area contributed by atoms with E-state index >= 15 is 0 Å². The molecule has 1 aliphatic heterocycles. The standard InChI is InChI=1S/C14H21N3O/c1-3-16-8-10-17(11-9-16)14(18)15-13-6-4-12(2)5-7-13/h4-7H,3,8-11H2,1-2H3,(H,15,18). The molecule has 0 spiro atoms. The fourth-order valence-electron chi connectivity index (χ4n) is 2.11. The summed E-state index contributed by atoms with van der Waals surface area (Å²) >= 11 is 0. The summed E-state index contributed by atoms with van der Waals surface area (Å²) in [7, 11) is 0.